The first-order valence-corrected chi connectivity index (χ1v) is 17.0. The van der Waals surface area contributed by atoms with Gasteiger partial charge in [0.1, 0.15) is 39.9 Å². The van der Waals surface area contributed by atoms with Gasteiger partial charge in [0.15, 0.2) is 17.8 Å². The molecule has 3 aromatic heterocycles. The van der Waals surface area contributed by atoms with Crippen molar-refractivity contribution in [1.29, 1.82) is 5.26 Å². The van der Waals surface area contributed by atoms with Crippen LogP contribution in [-0.4, -0.2) is 61.1 Å². The highest BCUT2D eigenvalue weighted by molar-refractivity contribution is 6.13. The summed E-state index contributed by atoms with van der Waals surface area (Å²) < 4.78 is 47.4. The number of benzene rings is 1. The first-order valence-electron chi connectivity index (χ1n) is 17.0. The molecule has 1 saturated heterocycles. The molecule has 4 aromatic rings. The summed E-state index contributed by atoms with van der Waals surface area (Å²) in [4.78, 5) is 46.3. The zero-order valence-electron chi connectivity index (χ0n) is 31.5. The Kier molecular flexibility index (Phi) is 10.0. The second kappa shape index (κ2) is 13.7. The lowest BCUT2D eigenvalue weighted by molar-refractivity contribution is -0.0367. The highest BCUT2D eigenvalue weighted by Gasteiger charge is 2.40. The number of ether oxygens (including phenoxy) is 5. The summed E-state index contributed by atoms with van der Waals surface area (Å²) in [6.07, 6.45) is 0.173. The summed E-state index contributed by atoms with van der Waals surface area (Å²) in [7, 11) is 0. The fourth-order valence-electron chi connectivity index (χ4n) is 5.80. The number of amides is 2. The van der Waals surface area contributed by atoms with Crippen molar-refractivity contribution in [3.63, 3.8) is 0 Å². The van der Waals surface area contributed by atoms with Gasteiger partial charge in [0, 0.05) is 29.0 Å². The fraction of sp³-hybridized carbons (Fsp3) is 0.514. The zero-order valence-corrected chi connectivity index (χ0v) is 31.5. The fourth-order valence-corrected chi connectivity index (χ4v) is 5.80. The molecule has 52 heavy (non-hydrogen) atoms. The number of aryl methyl sites for hydroxylation is 1. The van der Waals surface area contributed by atoms with Crippen molar-refractivity contribution in [3.8, 4) is 17.5 Å². The number of carbonyl (C=O) groups is 3. The molecule has 0 radical (unpaired) electrons. The number of halogens is 1. The Morgan fingerprint density at radius 2 is 1.56 bits per heavy atom. The summed E-state index contributed by atoms with van der Waals surface area (Å²) in [5, 5.41) is 15.9. The van der Waals surface area contributed by atoms with Crippen LogP contribution in [0.5, 0.6) is 5.75 Å². The largest absolute Gasteiger partial charge is 0.514 e. The molecule has 14 nitrogen and oxygen atoms in total. The molecule has 0 spiro atoms. The third kappa shape index (κ3) is 7.81. The molecular weight excluding hydrogens is 675 g/mol. The molecule has 1 fully saturated rings. The third-order valence-electron chi connectivity index (χ3n) is 7.84. The highest BCUT2D eigenvalue weighted by Crippen LogP contribution is 2.42. The van der Waals surface area contributed by atoms with Crippen LogP contribution in [0.25, 0.3) is 27.6 Å². The van der Waals surface area contributed by atoms with Crippen molar-refractivity contribution in [2.45, 2.75) is 118 Å². The Morgan fingerprint density at radius 3 is 2.10 bits per heavy atom. The van der Waals surface area contributed by atoms with E-state index in [2.05, 4.69) is 11.2 Å². The Morgan fingerprint density at radius 1 is 0.942 bits per heavy atom. The van der Waals surface area contributed by atoms with Crippen molar-refractivity contribution < 1.29 is 42.5 Å². The molecule has 4 heterocycles. The molecule has 0 saturated carbocycles. The number of nitriles is 1. The Hall–Kier alpha value is -5.23. The number of pyridine rings is 1. The van der Waals surface area contributed by atoms with E-state index in [1.54, 1.807) is 73.9 Å². The van der Waals surface area contributed by atoms with E-state index >= 15 is 4.39 Å². The normalized spacial score (nSPS) is 15.3. The first-order chi connectivity index (χ1) is 24.1. The third-order valence-corrected chi connectivity index (χ3v) is 7.84. The van der Waals surface area contributed by atoms with Gasteiger partial charge in [0.2, 0.25) is 0 Å². The van der Waals surface area contributed by atoms with E-state index in [0.29, 0.717) is 28.8 Å². The van der Waals surface area contributed by atoms with Crippen LogP contribution in [-0.2, 0) is 18.9 Å². The lowest BCUT2D eigenvalue weighted by Gasteiger charge is -2.29. The van der Waals surface area contributed by atoms with Crippen LogP contribution >= 0.6 is 0 Å². The predicted molar refractivity (Wildman–Crippen MR) is 189 cm³/mol. The van der Waals surface area contributed by atoms with Gasteiger partial charge in [0.25, 0.3) is 0 Å². The van der Waals surface area contributed by atoms with E-state index in [9.17, 15) is 19.6 Å². The summed E-state index contributed by atoms with van der Waals surface area (Å²) in [6, 6.07) is 4.83. The van der Waals surface area contributed by atoms with Gasteiger partial charge in [0.05, 0.1) is 23.1 Å². The van der Waals surface area contributed by atoms with Crippen molar-refractivity contribution >= 4 is 46.1 Å². The van der Waals surface area contributed by atoms with Gasteiger partial charge in [-0.05, 0) is 101 Å². The Balaban J connectivity index is 1.90. The average molecular weight is 721 g/mol. The lowest BCUT2D eigenvalue weighted by atomic mass is 10.1. The molecule has 1 atom stereocenters. The van der Waals surface area contributed by atoms with Crippen molar-refractivity contribution in [1.82, 2.24) is 19.3 Å². The van der Waals surface area contributed by atoms with Crippen molar-refractivity contribution in [2.75, 3.05) is 11.5 Å². The van der Waals surface area contributed by atoms with E-state index < -0.39 is 47.2 Å². The van der Waals surface area contributed by atoms with E-state index in [1.807, 2.05) is 0 Å². The molecule has 5 rings (SSSR count). The second-order valence-corrected chi connectivity index (χ2v) is 15.6. The molecule has 1 aromatic carbocycles. The van der Waals surface area contributed by atoms with Gasteiger partial charge in [-0.3, -0.25) is 4.57 Å². The number of hydrogen-bond acceptors (Lipinski definition) is 11. The monoisotopic (exact) mass is 720 g/mol. The summed E-state index contributed by atoms with van der Waals surface area (Å²) in [6.45, 7) is 18.3. The molecule has 278 valence electrons. The zero-order chi connectivity index (χ0) is 38.5. The number of anilines is 1. The number of fused-ring (bicyclic) bond motifs is 2. The van der Waals surface area contributed by atoms with Gasteiger partial charge < -0.3 is 23.7 Å². The van der Waals surface area contributed by atoms with E-state index in [-0.39, 0.29) is 45.1 Å². The van der Waals surface area contributed by atoms with E-state index in [4.69, 9.17) is 28.7 Å². The van der Waals surface area contributed by atoms with E-state index in [0.717, 1.165) is 12.8 Å². The summed E-state index contributed by atoms with van der Waals surface area (Å²) in [5.41, 5.74) is -2.45. The molecular formula is C37H45FN6O8. The molecule has 0 N–H and O–H groups in total. The number of imide groups is 1. The van der Waals surface area contributed by atoms with Crippen LogP contribution in [0.4, 0.5) is 24.6 Å². The second-order valence-electron chi connectivity index (χ2n) is 15.6. The Bertz CT molecular complexity index is 2080. The molecule has 1 aliphatic rings. The number of carbonyl (C=O) groups excluding carboxylic acids is 3. The van der Waals surface area contributed by atoms with Crippen LogP contribution in [0.1, 0.15) is 105 Å². The maximum absolute atomic E-state index is 16.2. The van der Waals surface area contributed by atoms with Crippen molar-refractivity contribution in [2.24, 2.45) is 0 Å². The molecule has 1 unspecified atom stereocenters. The molecule has 0 bridgehead atoms. The number of nitrogens with zero attached hydrogens (tertiary/aromatic N) is 6. The van der Waals surface area contributed by atoms with Gasteiger partial charge in [-0.1, -0.05) is 0 Å². The van der Waals surface area contributed by atoms with Gasteiger partial charge in [-0.25, -0.2) is 28.4 Å². The highest BCUT2D eigenvalue weighted by atomic mass is 19.1. The van der Waals surface area contributed by atoms with Gasteiger partial charge >= 0.3 is 18.3 Å². The topological polar surface area (TPSA) is 160 Å². The number of hydrogen-bond donors (Lipinski definition) is 0. The van der Waals surface area contributed by atoms with E-state index in [1.165, 1.54) is 29.8 Å². The van der Waals surface area contributed by atoms with Crippen LogP contribution in [0.2, 0.25) is 0 Å². The lowest BCUT2D eigenvalue weighted by Crippen LogP contribution is -2.45. The molecule has 0 aliphatic carbocycles. The minimum Gasteiger partial charge on any atom is -0.443 e. The van der Waals surface area contributed by atoms with Crippen molar-refractivity contribution in [3.05, 3.63) is 41.0 Å². The standard InChI is InChI=1S/C37H45FN6O8/c1-20-25(38)17-26-24(19-40-44(26)28-14-12-13-15-48-28)29(20)42-30-22(16-27(21(2)41-30)49-34(47)52-37(9,10)11)23(18-39)31(42)43(32(45)50-35(3,4)5)33(46)51-36(6,7)8/h16-17,19,28H,12-15H2,1-11H3. The molecule has 1 aliphatic heterocycles. The predicted octanol–water partition coefficient (Wildman–Crippen LogP) is 8.69. The van der Waals surface area contributed by atoms with Gasteiger partial charge in [-0.2, -0.15) is 15.3 Å². The van der Waals surface area contributed by atoms with Crippen LogP contribution < -0.4 is 9.64 Å². The minimum atomic E-state index is -1.17. The average Bonchev–Trinajstić information content (AvgIpc) is 3.54. The maximum Gasteiger partial charge on any atom is 0.514 e. The van der Waals surface area contributed by atoms with Crippen LogP contribution in [0.15, 0.2) is 18.3 Å². The van der Waals surface area contributed by atoms with Crippen LogP contribution in [0, 0.1) is 31.0 Å². The smallest absolute Gasteiger partial charge is 0.443 e. The summed E-state index contributed by atoms with van der Waals surface area (Å²) in [5.74, 6) is -1.01. The Labute approximate surface area is 301 Å². The van der Waals surface area contributed by atoms with Gasteiger partial charge in [-0.15, -0.1) is 0 Å². The SMILES string of the molecule is Cc1nc2c(cc1OC(=O)OC(C)(C)C)c(C#N)c(N(C(=O)OC(C)(C)C)C(=O)OC(C)(C)C)n2-c1c(C)c(F)cc2c1cnn2C1CCCCO1. The maximum atomic E-state index is 16.2. The quantitative estimate of drug-likeness (QED) is 0.147. The number of aromatic nitrogens is 4. The van der Waals surface area contributed by atoms with Crippen LogP contribution in [0.3, 0.4) is 0 Å². The summed E-state index contributed by atoms with van der Waals surface area (Å²) >= 11 is 0. The molecule has 2 amide bonds. The first kappa shape index (κ1) is 38.0. The number of rotatable bonds is 4. The molecule has 15 heteroatoms. The minimum absolute atomic E-state index is 0.0365.